The van der Waals surface area contributed by atoms with Crippen LogP contribution in [0.4, 0.5) is 0 Å². The van der Waals surface area contributed by atoms with E-state index in [-0.39, 0.29) is 5.79 Å². The van der Waals surface area contributed by atoms with Gasteiger partial charge in [0.1, 0.15) is 6.23 Å². The number of ether oxygens (including phenoxy) is 3. The van der Waals surface area contributed by atoms with Crippen LogP contribution in [0.25, 0.3) is 0 Å². The number of benzene rings is 1. The number of hydrogen-bond donors (Lipinski definition) is 0. The first kappa shape index (κ1) is 14.6. The summed E-state index contributed by atoms with van der Waals surface area (Å²) in [5, 5.41) is 0. The quantitative estimate of drug-likeness (QED) is 0.855. The van der Waals surface area contributed by atoms with E-state index < -0.39 is 0 Å². The van der Waals surface area contributed by atoms with Gasteiger partial charge in [-0.2, -0.15) is 0 Å². The smallest absolute Gasteiger partial charge is 0.165 e. The summed E-state index contributed by atoms with van der Waals surface area (Å²) in [6, 6.07) is 11.7. The number of hydrogen-bond acceptors (Lipinski definition) is 4. The van der Waals surface area contributed by atoms with Crippen molar-refractivity contribution in [3.8, 4) is 0 Å². The molecule has 4 rings (SSSR count). The Hall–Kier alpha value is -0.940. The molecule has 0 aromatic heterocycles. The summed E-state index contributed by atoms with van der Waals surface area (Å²) in [7, 11) is 0. The van der Waals surface area contributed by atoms with E-state index in [0.717, 1.165) is 39.1 Å². The topological polar surface area (TPSA) is 30.9 Å². The highest BCUT2D eigenvalue weighted by atomic mass is 16.7. The molecule has 0 N–H and O–H groups in total. The van der Waals surface area contributed by atoms with Gasteiger partial charge in [-0.1, -0.05) is 30.3 Å². The molecule has 0 amide bonds. The van der Waals surface area contributed by atoms with E-state index in [4.69, 9.17) is 14.2 Å². The predicted molar refractivity (Wildman–Crippen MR) is 83.3 cm³/mol. The standard InChI is InChI=1S/C18H25NO3/c1-18(21-11-12-22-18)10-9-15-7-8-17-19(15)16(13-20-17)14-5-3-2-4-6-14/h2-6,15-17H,7-13H2,1H3. The SMILES string of the molecule is CC1(CCC2CCC3OCC(c4ccccc4)N23)OCCO1. The van der Waals surface area contributed by atoms with Crippen molar-refractivity contribution < 1.29 is 14.2 Å². The van der Waals surface area contributed by atoms with E-state index in [2.05, 4.69) is 42.2 Å². The van der Waals surface area contributed by atoms with Gasteiger partial charge < -0.3 is 14.2 Å². The normalized spacial score (nSPS) is 34.1. The van der Waals surface area contributed by atoms with Crippen LogP contribution in [0.3, 0.4) is 0 Å². The molecule has 22 heavy (non-hydrogen) atoms. The Morgan fingerprint density at radius 1 is 1.14 bits per heavy atom. The fourth-order valence-corrected chi connectivity index (χ4v) is 4.15. The second-order valence-electron chi connectivity index (χ2n) is 6.76. The molecule has 1 aromatic rings. The molecule has 0 radical (unpaired) electrons. The van der Waals surface area contributed by atoms with E-state index in [1.807, 2.05) is 0 Å². The van der Waals surface area contributed by atoms with Gasteiger partial charge in [0, 0.05) is 12.5 Å². The van der Waals surface area contributed by atoms with Gasteiger partial charge in [-0.05, 0) is 31.7 Å². The van der Waals surface area contributed by atoms with Crippen LogP contribution in [0, 0.1) is 0 Å². The predicted octanol–water partition coefficient (Wildman–Crippen LogP) is 3.09. The molecule has 3 aliphatic heterocycles. The van der Waals surface area contributed by atoms with Gasteiger partial charge in [-0.3, -0.25) is 4.90 Å². The molecule has 3 saturated heterocycles. The number of fused-ring (bicyclic) bond motifs is 1. The number of nitrogens with zero attached hydrogens (tertiary/aromatic N) is 1. The average molecular weight is 303 g/mol. The molecule has 0 spiro atoms. The summed E-state index contributed by atoms with van der Waals surface area (Å²) in [6.07, 6.45) is 4.73. The minimum absolute atomic E-state index is 0.299. The van der Waals surface area contributed by atoms with Gasteiger partial charge in [0.2, 0.25) is 0 Å². The highest BCUT2D eigenvalue weighted by Crippen LogP contribution is 2.42. The molecule has 3 unspecified atom stereocenters. The Balaban J connectivity index is 1.45. The van der Waals surface area contributed by atoms with Crippen molar-refractivity contribution in [2.45, 2.75) is 56.7 Å². The third-order valence-electron chi connectivity index (χ3n) is 5.32. The van der Waals surface area contributed by atoms with E-state index in [9.17, 15) is 0 Å². The van der Waals surface area contributed by atoms with Crippen molar-refractivity contribution in [1.82, 2.24) is 4.90 Å². The Morgan fingerprint density at radius 3 is 2.68 bits per heavy atom. The highest BCUT2D eigenvalue weighted by Gasteiger charge is 2.45. The van der Waals surface area contributed by atoms with Crippen molar-refractivity contribution >= 4 is 0 Å². The van der Waals surface area contributed by atoms with Crippen LogP contribution in [0.1, 0.15) is 44.2 Å². The molecule has 4 heteroatoms. The first-order chi connectivity index (χ1) is 10.8. The molecule has 0 saturated carbocycles. The summed E-state index contributed by atoms with van der Waals surface area (Å²) >= 11 is 0. The van der Waals surface area contributed by atoms with Crippen molar-refractivity contribution in [2.75, 3.05) is 19.8 Å². The van der Waals surface area contributed by atoms with Crippen LogP contribution in [0.5, 0.6) is 0 Å². The van der Waals surface area contributed by atoms with Crippen LogP contribution in [-0.2, 0) is 14.2 Å². The molecule has 1 aromatic carbocycles. The fourth-order valence-electron chi connectivity index (χ4n) is 4.15. The van der Waals surface area contributed by atoms with Gasteiger partial charge in [0.25, 0.3) is 0 Å². The van der Waals surface area contributed by atoms with E-state index in [0.29, 0.717) is 18.3 Å². The molecular formula is C18H25NO3. The lowest BCUT2D eigenvalue weighted by Gasteiger charge is -2.31. The van der Waals surface area contributed by atoms with Gasteiger partial charge in [-0.15, -0.1) is 0 Å². The first-order valence-electron chi connectivity index (χ1n) is 8.47. The average Bonchev–Trinajstić information content (AvgIpc) is 3.23. The molecule has 120 valence electrons. The maximum absolute atomic E-state index is 6.03. The molecular weight excluding hydrogens is 278 g/mol. The first-order valence-corrected chi connectivity index (χ1v) is 8.47. The van der Waals surface area contributed by atoms with E-state index in [1.165, 1.54) is 12.0 Å². The lowest BCUT2D eigenvalue weighted by atomic mass is 10.0. The van der Waals surface area contributed by atoms with Crippen LogP contribution < -0.4 is 0 Å². The summed E-state index contributed by atoms with van der Waals surface area (Å²) < 4.78 is 17.5. The van der Waals surface area contributed by atoms with E-state index in [1.54, 1.807) is 0 Å². The lowest BCUT2D eigenvalue weighted by molar-refractivity contribution is -0.149. The number of rotatable bonds is 4. The van der Waals surface area contributed by atoms with Crippen molar-refractivity contribution in [1.29, 1.82) is 0 Å². The van der Waals surface area contributed by atoms with Crippen LogP contribution >= 0.6 is 0 Å². The lowest BCUT2D eigenvalue weighted by Crippen LogP contribution is -2.36. The van der Waals surface area contributed by atoms with Crippen molar-refractivity contribution in [2.24, 2.45) is 0 Å². The Labute approximate surface area is 132 Å². The van der Waals surface area contributed by atoms with Crippen molar-refractivity contribution in [3.63, 3.8) is 0 Å². The largest absolute Gasteiger partial charge is 0.361 e. The van der Waals surface area contributed by atoms with Gasteiger partial charge >= 0.3 is 0 Å². The second kappa shape index (κ2) is 5.93. The zero-order valence-electron chi connectivity index (χ0n) is 13.2. The Kier molecular flexibility index (Phi) is 3.95. The monoisotopic (exact) mass is 303 g/mol. The molecule has 3 atom stereocenters. The van der Waals surface area contributed by atoms with E-state index >= 15 is 0 Å². The third-order valence-corrected chi connectivity index (χ3v) is 5.32. The summed E-state index contributed by atoms with van der Waals surface area (Å²) in [6.45, 7) is 4.34. The molecule has 0 bridgehead atoms. The Bertz CT molecular complexity index is 500. The Morgan fingerprint density at radius 2 is 1.91 bits per heavy atom. The minimum atomic E-state index is -0.374. The van der Waals surface area contributed by atoms with Gasteiger partial charge in [0.05, 0.1) is 25.9 Å². The van der Waals surface area contributed by atoms with Crippen LogP contribution in [-0.4, -0.2) is 42.8 Å². The molecule has 3 aliphatic rings. The molecule has 0 aliphatic carbocycles. The third kappa shape index (κ3) is 2.69. The molecule has 3 heterocycles. The minimum Gasteiger partial charge on any atom is -0.361 e. The molecule has 3 fully saturated rings. The second-order valence-corrected chi connectivity index (χ2v) is 6.76. The van der Waals surface area contributed by atoms with Gasteiger partial charge in [-0.25, -0.2) is 0 Å². The van der Waals surface area contributed by atoms with Crippen LogP contribution in [0.2, 0.25) is 0 Å². The maximum atomic E-state index is 6.03. The van der Waals surface area contributed by atoms with Gasteiger partial charge in [0.15, 0.2) is 5.79 Å². The van der Waals surface area contributed by atoms with Crippen LogP contribution in [0.15, 0.2) is 30.3 Å². The summed E-state index contributed by atoms with van der Waals surface area (Å²) in [4.78, 5) is 2.59. The molecule has 4 nitrogen and oxygen atoms in total. The fraction of sp³-hybridized carbons (Fsp3) is 0.667. The maximum Gasteiger partial charge on any atom is 0.165 e. The summed E-state index contributed by atoms with van der Waals surface area (Å²) in [5.74, 6) is -0.374. The highest BCUT2D eigenvalue weighted by molar-refractivity contribution is 5.21. The zero-order valence-corrected chi connectivity index (χ0v) is 13.2. The summed E-state index contributed by atoms with van der Waals surface area (Å²) in [5.41, 5.74) is 1.37. The van der Waals surface area contributed by atoms with Crippen molar-refractivity contribution in [3.05, 3.63) is 35.9 Å². The zero-order chi connectivity index (χ0) is 15.0.